The van der Waals surface area contributed by atoms with E-state index in [9.17, 15) is 9.18 Å². The van der Waals surface area contributed by atoms with Crippen molar-refractivity contribution in [1.82, 2.24) is 5.32 Å². The van der Waals surface area contributed by atoms with Crippen LogP contribution in [-0.2, 0) is 6.54 Å². The van der Waals surface area contributed by atoms with Gasteiger partial charge in [-0.05, 0) is 54.8 Å². The van der Waals surface area contributed by atoms with Gasteiger partial charge in [0.1, 0.15) is 5.82 Å². The van der Waals surface area contributed by atoms with Crippen molar-refractivity contribution in [2.75, 3.05) is 0 Å². The van der Waals surface area contributed by atoms with Gasteiger partial charge in [-0.3, -0.25) is 4.79 Å². The van der Waals surface area contributed by atoms with Gasteiger partial charge in [0.05, 0.1) is 0 Å². The third kappa shape index (κ3) is 3.45. The van der Waals surface area contributed by atoms with E-state index in [4.69, 9.17) is 0 Å². The smallest absolute Gasteiger partial charge is 0.251 e. The molecular formula is C16H15BrFNO. The Kier molecular flexibility index (Phi) is 4.55. The maximum absolute atomic E-state index is 13.4. The van der Waals surface area contributed by atoms with Crippen LogP contribution in [0.3, 0.4) is 0 Å². The van der Waals surface area contributed by atoms with Crippen LogP contribution in [0.1, 0.15) is 27.0 Å². The zero-order chi connectivity index (χ0) is 14.7. The van der Waals surface area contributed by atoms with Gasteiger partial charge in [0.25, 0.3) is 5.91 Å². The highest BCUT2D eigenvalue weighted by Gasteiger charge is 2.07. The van der Waals surface area contributed by atoms with Crippen LogP contribution in [0.4, 0.5) is 4.39 Å². The highest BCUT2D eigenvalue weighted by Crippen LogP contribution is 2.17. The summed E-state index contributed by atoms with van der Waals surface area (Å²) in [6, 6.07) is 10.4. The van der Waals surface area contributed by atoms with Gasteiger partial charge in [-0.25, -0.2) is 4.39 Å². The largest absolute Gasteiger partial charge is 0.348 e. The van der Waals surface area contributed by atoms with Gasteiger partial charge < -0.3 is 5.32 Å². The zero-order valence-electron chi connectivity index (χ0n) is 11.3. The minimum Gasteiger partial charge on any atom is -0.348 e. The van der Waals surface area contributed by atoms with Crippen molar-refractivity contribution in [3.05, 3.63) is 68.9 Å². The lowest BCUT2D eigenvalue weighted by Gasteiger charge is -2.07. The lowest BCUT2D eigenvalue weighted by molar-refractivity contribution is 0.0950. The van der Waals surface area contributed by atoms with E-state index in [1.807, 2.05) is 25.1 Å². The summed E-state index contributed by atoms with van der Waals surface area (Å²) in [5, 5.41) is 2.79. The number of carbonyl (C=O) groups is 1. The predicted octanol–water partition coefficient (Wildman–Crippen LogP) is 4.14. The first kappa shape index (κ1) is 14.7. The number of halogens is 2. The Balaban J connectivity index is 2.04. The Bertz CT molecular complexity index is 655. The lowest BCUT2D eigenvalue weighted by Crippen LogP contribution is -2.22. The van der Waals surface area contributed by atoms with Gasteiger partial charge in [0, 0.05) is 16.6 Å². The molecule has 0 radical (unpaired) electrons. The molecular weight excluding hydrogens is 321 g/mol. The molecule has 2 aromatic carbocycles. The number of aryl methyl sites for hydroxylation is 2. The molecule has 0 bridgehead atoms. The van der Waals surface area contributed by atoms with E-state index in [0.29, 0.717) is 17.7 Å². The van der Waals surface area contributed by atoms with Gasteiger partial charge in [-0.15, -0.1) is 0 Å². The Labute approximate surface area is 126 Å². The van der Waals surface area contributed by atoms with Crippen molar-refractivity contribution in [2.24, 2.45) is 0 Å². The molecule has 1 N–H and O–H groups in total. The van der Waals surface area contributed by atoms with E-state index in [1.54, 1.807) is 19.1 Å². The second kappa shape index (κ2) is 6.18. The molecule has 20 heavy (non-hydrogen) atoms. The van der Waals surface area contributed by atoms with E-state index < -0.39 is 0 Å². The summed E-state index contributed by atoms with van der Waals surface area (Å²) in [7, 11) is 0. The lowest BCUT2D eigenvalue weighted by atomic mass is 10.1. The summed E-state index contributed by atoms with van der Waals surface area (Å²) in [6.07, 6.45) is 0. The molecule has 4 heteroatoms. The minimum absolute atomic E-state index is 0.165. The number of hydrogen-bond donors (Lipinski definition) is 1. The molecule has 0 saturated heterocycles. The van der Waals surface area contributed by atoms with Crippen molar-refractivity contribution in [3.8, 4) is 0 Å². The van der Waals surface area contributed by atoms with E-state index in [1.165, 1.54) is 6.07 Å². The van der Waals surface area contributed by atoms with Crippen LogP contribution >= 0.6 is 15.9 Å². The van der Waals surface area contributed by atoms with Crippen molar-refractivity contribution >= 4 is 21.8 Å². The third-order valence-corrected chi connectivity index (χ3v) is 4.00. The first-order valence-electron chi connectivity index (χ1n) is 6.27. The van der Waals surface area contributed by atoms with Gasteiger partial charge in [-0.2, -0.15) is 0 Å². The van der Waals surface area contributed by atoms with Crippen molar-refractivity contribution in [2.45, 2.75) is 20.4 Å². The summed E-state index contributed by atoms with van der Waals surface area (Å²) in [4.78, 5) is 12.0. The second-order valence-corrected chi connectivity index (χ2v) is 5.58. The molecule has 104 valence electrons. The molecule has 0 spiro atoms. The Morgan fingerprint density at radius 3 is 2.55 bits per heavy atom. The molecule has 0 unspecified atom stereocenters. The zero-order valence-corrected chi connectivity index (χ0v) is 12.9. The highest BCUT2D eigenvalue weighted by atomic mass is 79.9. The number of nitrogens with one attached hydrogen (secondary N) is 1. The fraction of sp³-hybridized carbons (Fsp3) is 0.188. The quantitative estimate of drug-likeness (QED) is 0.897. The van der Waals surface area contributed by atoms with Crippen LogP contribution in [0.25, 0.3) is 0 Å². The molecule has 0 aromatic heterocycles. The Morgan fingerprint density at radius 2 is 1.90 bits per heavy atom. The number of amides is 1. The van der Waals surface area contributed by atoms with Crippen LogP contribution in [0.15, 0.2) is 40.9 Å². The van der Waals surface area contributed by atoms with Gasteiger partial charge >= 0.3 is 0 Å². The normalized spacial score (nSPS) is 10.4. The molecule has 2 nitrogen and oxygen atoms in total. The fourth-order valence-corrected chi connectivity index (χ4v) is 2.06. The van der Waals surface area contributed by atoms with Crippen molar-refractivity contribution < 1.29 is 9.18 Å². The van der Waals surface area contributed by atoms with Gasteiger partial charge in [0.15, 0.2) is 0 Å². The van der Waals surface area contributed by atoms with Crippen LogP contribution in [0, 0.1) is 19.7 Å². The summed E-state index contributed by atoms with van der Waals surface area (Å²) in [6.45, 7) is 3.95. The fourth-order valence-electron chi connectivity index (χ4n) is 1.82. The number of carbonyl (C=O) groups excluding carboxylic acids is 1. The minimum atomic E-state index is -0.253. The average molecular weight is 336 g/mol. The SMILES string of the molecule is Cc1ccc(CNC(=O)c2ccc(Br)c(C)c2)cc1F. The van der Waals surface area contributed by atoms with E-state index >= 15 is 0 Å². The van der Waals surface area contributed by atoms with Crippen molar-refractivity contribution in [3.63, 3.8) is 0 Å². The average Bonchev–Trinajstić information content (AvgIpc) is 2.43. The first-order valence-corrected chi connectivity index (χ1v) is 7.06. The highest BCUT2D eigenvalue weighted by molar-refractivity contribution is 9.10. The first-order chi connectivity index (χ1) is 9.47. The maximum atomic E-state index is 13.4. The maximum Gasteiger partial charge on any atom is 0.251 e. The van der Waals surface area contributed by atoms with Crippen LogP contribution < -0.4 is 5.32 Å². The van der Waals surface area contributed by atoms with E-state index in [-0.39, 0.29) is 11.7 Å². The molecule has 0 saturated carbocycles. The van der Waals surface area contributed by atoms with E-state index in [0.717, 1.165) is 15.6 Å². The van der Waals surface area contributed by atoms with Gasteiger partial charge in [-0.1, -0.05) is 28.1 Å². The number of hydrogen-bond acceptors (Lipinski definition) is 1. The molecule has 1 amide bonds. The molecule has 2 rings (SSSR count). The summed E-state index contributed by atoms with van der Waals surface area (Å²) >= 11 is 3.40. The Hall–Kier alpha value is -1.68. The molecule has 2 aromatic rings. The molecule has 0 aliphatic heterocycles. The Morgan fingerprint density at radius 1 is 1.15 bits per heavy atom. The van der Waals surface area contributed by atoms with E-state index in [2.05, 4.69) is 21.2 Å². The predicted molar refractivity (Wildman–Crippen MR) is 81.2 cm³/mol. The summed E-state index contributed by atoms with van der Waals surface area (Å²) in [5.41, 5.74) is 2.94. The van der Waals surface area contributed by atoms with Gasteiger partial charge in [0.2, 0.25) is 0 Å². The third-order valence-electron chi connectivity index (χ3n) is 3.11. The monoisotopic (exact) mass is 335 g/mol. The number of benzene rings is 2. The van der Waals surface area contributed by atoms with Crippen LogP contribution in [0.2, 0.25) is 0 Å². The molecule has 0 heterocycles. The standard InChI is InChI=1S/C16H15BrFNO/c1-10-3-4-12(8-15(10)18)9-19-16(20)13-5-6-14(17)11(2)7-13/h3-8H,9H2,1-2H3,(H,19,20). The van der Waals surface area contributed by atoms with Crippen molar-refractivity contribution in [1.29, 1.82) is 0 Å². The second-order valence-electron chi connectivity index (χ2n) is 4.73. The molecule has 0 fully saturated rings. The van der Waals surface area contributed by atoms with Crippen LogP contribution in [0.5, 0.6) is 0 Å². The summed E-state index contributed by atoms with van der Waals surface area (Å²) < 4.78 is 14.4. The summed E-state index contributed by atoms with van der Waals surface area (Å²) in [5.74, 6) is -0.419. The molecule has 0 aliphatic rings. The number of rotatable bonds is 3. The van der Waals surface area contributed by atoms with Crippen LogP contribution in [-0.4, -0.2) is 5.91 Å². The molecule has 0 aliphatic carbocycles. The molecule has 0 atom stereocenters. The topological polar surface area (TPSA) is 29.1 Å².